The van der Waals surface area contributed by atoms with Gasteiger partial charge in [-0.1, -0.05) is 41.4 Å². The normalized spacial score (nSPS) is 13.2. The third kappa shape index (κ3) is 9.73. The average molecular weight is 398 g/mol. The van der Waals surface area contributed by atoms with Crippen molar-refractivity contribution in [3.05, 3.63) is 64.4 Å². The van der Waals surface area contributed by atoms with E-state index in [0.29, 0.717) is 15.7 Å². The van der Waals surface area contributed by atoms with Crippen LogP contribution in [-0.2, 0) is 4.74 Å². The van der Waals surface area contributed by atoms with E-state index in [-0.39, 0.29) is 5.91 Å². The topological polar surface area (TPSA) is 54.5 Å². The maximum atomic E-state index is 11.2. The third-order valence-corrected chi connectivity index (χ3v) is 3.94. The highest BCUT2D eigenvalue weighted by Gasteiger charge is 2.06. The van der Waals surface area contributed by atoms with E-state index in [4.69, 9.17) is 27.9 Å². The van der Waals surface area contributed by atoms with Gasteiger partial charge < -0.3 is 15.0 Å². The number of nitrogens with zero attached hydrogens (tertiary/aromatic N) is 2. The SMILES string of the molecule is C1CNCCOC1.CN(C)C(=O)c1ccccn1.Clc1ccccc1Cl. The Morgan fingerprint density at radius 1 is 1.04 bits per heavy atom. The lowest BCUT2D eigenvalue weighted by atomic mass is 10.3. The predicted octanol–water partition coefficient (Wildman–Crippen LogP) is 3.77. The summed E-state index contributed by atoms with van der Waals surface area (Å²) < 4.78 is 5.13. The summed E-state index contributed by atoms with van der Waals surface area (Å²) in [5.74, 6) is -0.0643. The van der Waals surface area contributed by atoms with Crippen LogP contribution in [0, 0.1) is 0 Å². The first kappa shape index (κ1) is 22.4. The molecule has 2 heterocycles. The summed E-state index contributed by atoms with van der Waals surface area (Å²) in [4.78, 5) is 16.6. The number of halogens is 2. The van der Waals surface area contributed by atoms with Gasteiger partial charge in [0.2, 0.25) is 0 Å². The monoisotopic (exact) mass is 397 g/mol. The minimum absolute atomic E-state index is 0.0643. The minimum atomic E-state index is -0.0643. The van der Waals surface area contributed by atoms with E-state index in [1.54, 1.807) is 50.6 Å². The Morgan fingerprint density at radius 2 is 1.69 bits per heavy atom. The van der Waals surface area contributed by atoms with Gasteiger partial charge in [-0.25, -0.2) is 0 Å². The number of rotatable bonds is 1. The Hall–Kier alpha value is -1.66. The standard InChI is InChI=1S/C8H10N2O.C6H4Cl2.C5H11NO/c1-10(2)8(11)7-5-3-4-6-9-7;7-5-3-1-2-4-6(5)8;1-2-6-3-5-7-4-1/h3-6H,1-2H3;1-4H;6H,1-5H2. The summed E-state index contributed by atoms with van der Waals surface area (Å²) in [5, 5.41) is 4.43. The highest BCUT2D eigenvalue weighted by atomic mass is 35.5. The molecule has 1 amide bonds. The third-order valence-electron chi connectivity index (χ3n) is 3.18. The van der Waals surface area contributed by atoms with E-state index < -0.39 is 0 Å². The van der Waals surface area contributed by atoms with Crippen LogP contribution < -0.4 is 5.32 Å². The van der Waals surface area contributed by atoms with Gasteiger partial charge in [0.15, 0.2) is 0 Å². The highest BCUT2D eigenvalue weighted by Crippen LogP contribution is 2.19. The van der Waals surface area contributed by atoms with Gasteiger partial charge in [-0.05, 0) is 37.2 Å². The summed E-state index contributed by atoms with van der Waals surface area (Å²) in [6.45, 7) is 3.98. The van der Waals surface area contributed by atoms with Crippen molar-refractivity contribution in [2.24, 2.45) is 0 Å². The van der Waals surface area contributed by atoms with Gasteiger partial charge in [0, 0.05) is 33.4 Å². The summed E-state index contributed by atoms with van der Waals surface area (Å²) in [6, 6.07) is 12.5. The molecule has 0 spiro atoms. The number of hydrogen-bond donors (Lipinski definition) is 1. The van der Waals surface area contributed by atoms with Crippen molar-refractivity contribution in [3.8, 4) is 0 Å². The van der Waals surface area contributed by atoms with Gasteiger partial charge in [-0.3, -0.25) is 9.78 Å². The van der Waals surface area contributed by atoms with Crippen LogP contribution >= 0.6 is 23.2 Å². The first-order chi connectivity index (χ1) is 12.5. The number of benzene rings is 1. The highest BCUT2D eigenvalue weighted by molar-refractivity contribution is 6.41. The van der Waals surface area contributed by atoms with Crippen molar-refractivity contribution in [2.75, 3.05) is 40.4 Å². The van der Waals surface area contributed by atoms with Crippen LogP contribution in [0.15, 0.2) is 48.7 Å². The molecule has 3 rings (SSSR count). The van der Waals surface area contributed by atoms with E-state index in [9.17, 15) is 4.79 Å². The quantitative estimate of drug-likeness (QED) is 0.795. The van der Waals surface area contributed by atoms with Crippen molar-refractivity contribution < 1.29 is 9.53 Å². The zero-order valence-electron chi connectivity index (χ0n) is 15.1. The smallest absolute Gasteiger partial charge is 0.271 e. The van der Waals surface area contributed by atoms with Crippen LogP contribution in [-0.4, -0.2) is 56.2 Å². The van der Waals surface area contributed by atoms with Crippen LogP contribution in [0.4, 0.5) is 0 Å². The zero-order valence-corrected chi connectivity index (χ0v) is 16.6. The molecule has 0 aliphatic carbocycles. The molecule has 0 unspecified atom stereocenters. The first-order valence-electron chi connectivity index (χ1n) is 8.33. The van der Waals surface area contributed by atoms with Crippen molar-refractivity contribution in [1.29, 1.82) is 0 Å². The van der Waals surface area contributed by atoms with Gasteiger partial charge in [-0.15, -0.1) is 0 Å². The van der Waals surface area contributed by atoms with Crippen molar-refractivity contribution >= 4 is 29.1 Å². The maximum Gasteiger partial charge on any atom is 0.271 e. The van der Waals surface area contributed by atoms with Gasteiger partial charge in [0.1, 0.15) is 5.69 Å². The molecule has 7 heteroatoms. The Balaban J connectivity index is 0.000000201. The Labute approximate surface area is 165 Å². The van der Waals surface area contributed by atoms with E-state index in [0.717, 1.165) is 26.3 Å². The summed E-state index contributed by atoms with van der Waals surface area (Å²) in [7, 11) is 3.41. The van der Waals surface area contributed by atoms with Gasteiger partial charge >= 0.3 is 0 Å². The number of pyridine rings is 1. The fourth-order valence-corrected chi connectivity index (χ4v) is 2.10. The number of amides is 1. The number of carbonyl (C=O) groups is 1. The molecule has 2 aromatic rings. The molecular weight excluding hydrogens is 373 g/mol. The lowest BCUT2D eigenvalue weighted by Gasteiger charge is -2.07. The molecule has 142 valence electrons. The molecule has 0 bridgehead atoms. The fourth-order valence-electron chi connectivity index (χ4n) is 1.83. The number of aromatic nitrogens is 1. The van der Waals surface area contributed by atoms with Crippen LogP contribution in [0.3, 0.4) is 0 Å². The van der Waals surface area contributed by atoms with Gasteiger partial charge in [-0.2, -0.15) is 0 Å². The molecule has 1 N–H and O–H groups in total. The van der Waals surface area contributed by atoms with Crippen LogP contribution in [0.5, 0.6) is 0 Å². The molecule has 5 nitrogen and oxygen atoms in total. The minimum Gasteiger partial charge on any atom is -0.380 e. The molecule has 1 fully saturated rings. The largest absolute Gasteiger partial charge is 0.380 e. The van der Waals surface area contributed by atoms with E-state index >= 15 is 0 Å². The summed E-state index contributed by atoms with van der Waals surface area (Å²) in [6.07, 6.45) is 2.77. The zero-order chi connectivity index (χ0) is 19.2. The molecule has 1 aliphatic rings. The lowest BCUT2D eigenvalue weighted by Crippen LogP contribution is -2.22. The van der Waals surface area contributed by atoms with E-state index in [2.05, 4.69) is 10.3 Å². The van der Waals surface area contributed by atoms with Gasteiger partial charge in [0.05, 0.1) is 16.7 Å². The van der Waals surface area contributed by atoms with Crippen LogP contribution in [0.25, 0.3) is 0 Å². The Morgan fingerprint density at radius 3 is 2.23 bits per heavy atom. The van der Waals surface area contributed by atoms with E-state index in [1.807, 2.05) is 12.1 Å². The van der Waals surface area contributed by atoms with Crippen molar-refractivity contribution in [3.63, 3.8) is 0 Å². The predicted molar refractivity (Wildman–Crippen MR) is 107 cm³/mol. The molecule has 1 aromatic carbocycles. The van der Waals surface area contributed by atoms with Crippen LogP contribution in [0.2, 0.25) is 10.0 Å². The number of carbonyl (C=O) groups excluding carboxylic acids is 1. The van der Waals surface area contributed by atoms with Crippen molar-refractivity contribution in [1.82, 2.24) is 15.2 Å². The second-order valence-corrected chi connectivity index (χ2v) is 6.36. The molecule has 1 aromatic heterocycles. The van der Waals surface area contributed by atoms with Crippen LogP contribution in [0.1, 0.15) is 16.9 Å². The molecular formula is C19H25Cl2N3O2. The Bertz CT molecular complexity index is 599. The lowest BCUT2D eigenvalue weighted by molar-refractivity contribution is 0.0822. The summed E-state index contributed by atoms with van der Waals surface area (Å²) in [5.41, 5.74) is 0.484. The molecule has 26 heavy (non-hydrogen) atoms. The number of hydrogen-bond acceptors (Lipinski definition) is 4. The maximum absolute atomic E-state index is 11.2. The molecule has 0 atom stereocenters. The first-order valence-corrected chi connectivity index (χ1v) is 9.09. The number of ether oxygens (including phenoxy) is 1. The van der Waals surface area contributed by atoms with Gasteiger partial charge in [0.25, 0.3) is 5.91 Å². The molecule has 0 saturated carbocycles. The number of nitrogens with one attached hydrogen (secondary N) is 1. The Kier molecular flexibility index (Phi) is 11.6. The average Bonchev–Trinajstić information content (AvgIpc) is 2.98. The van der Waals surface area contributed by atoms with Crippen molar-refractivity contribution in [2.45, 2.75) is 6.42 Å². The fraction of sp³-hybridized carbons (Fsp3) is 0.368. The second-order valence-electron chi connectivity index (χ2n) is 5.54. The molecule has 1 saturated heterocycles. The summed E-state index contributed by atoms with van der Waals surface area (Å²) >= 11 is 11.2. The molecule has 1 aliphatic heterocycles. The second kappa shape index (κ2) is 13.5. The molecule has 0 radical (unpaired) electrons. The van der Waals surface area contributed by atoms with E-state index in [1.165, 1.54) is 11.3 Å².